The summed E-state index contributed by atoms with van der Waals surface area (Å²) < 4.78 is 0. The van der Waals surface area contributed by atoms with Gasteiger partial charge in [-0.3, -0.25) is 5.10 Å². The second-order valence-corrected chi connectivity index (χ2v) is 7.03. The van der Waals surface area contributed by atoms with Crippen LogP contribution in [-0.4, -0.2) is 32.2 Å². The van der Waals surface area contributed by atoms with Crippen molar-refractivity contribution in [3.63, 3.8) is 0 Å². The summed E-state index contributed by atoms with van der Waals surface area (Å²) in [5, 5.41) is 7.92. The van der Waals surface area contributed by atoms with Gasteiger partial charge in [-0.1, -0.05) is 19.9 Å². The van der Waals surface area contributed by atoms with Crippen molar-refractivity contribution >= 4 is 28.5 Å². The SMILES string of the molecule is CCC1(CC)CCCN1c1cc(-c2ccc3c(N)n[nH]c3c2)nc(N)n1. The Morgan fingerprint density at radius 3 is 2.73 bits per heavy atom. The van der Waals surface area contributed by atoms with Crippen molar-refractivity contribution in [3.8, 4) is 11.3 Å². The van der Waals surface area contributed by atoms with Gasteiger partial charge in [-0.05, 0) is 37.8 Å². The molecule has 0 bridgehead atoms. The van der Waals surface area contributed by atoms with Crippen LogP contribution in [0.25, 0.3) is 22.2 Å². The highest BCUT2D eigenvalue weighted by molar-refractivity contribution is 5.91. The first-order chi connectivity index (χ1) is 12.6. The normalized spacial score (nSPS) is 16.5. The van der Waals surface area contributed by atoms with Gasteiger partial charge in [-0.25, -0.2) is 4.98 Å². The van der Waals surface area contributed by atoms with Crippen LogP contribution in [0.5, 0.6) is 0 Å². The zero-order valence-corrected chi connectivity index (χ0v) is 15.3. The standard InChI is InChI=1S/C19H25N7/c1-3-19(4-2)8-5-9-26(19)16-11-14(22-18(21)23-16)12-6-7-13-15(10-12)24-25-17(13)20/h6-7,10-11H,3-5,8-9H2,1-2H3,(H3,20,24,25)(H2,21,22,23). The van der Waals surface area contributed by atoms with E-state index in [-0.39, 0.29) is 5.54 Å². The number of anilines is 3. The van der Waals surface area contributed by atoms with Gasteiger partial charge in [-0.15, -0.1) is 0 Å². The lowest BCUT2D eigenvalue weighted by Crippen LogP contribution is -2.43. The zero-order valence-electron chi connectivity index (χ0n) is 15.3. The van der Waals surface area contributed by atoms with E-state index in [1.54, 1.807) is 0 Å². The van der Waals surface area contributed by atoms with Gasteiger partial charge in [-0.2, -0.15) is 10.1 Å². The molecule has 1 fully saturated rings. The third kappa shape index (κ3) is 2.55. The molecule has 2 aromatic heterocycles. The minimum Gasteiger partial charge on any atom is -0.382 e. The van der Waals surface area contributed by atoms with Gasteiger partial charge < -0.3 is 16.4 Å². The second kappa shape index (κ2) is 6.16. The van der Waals surface area contributed by atoms with E-state index in [2.05, 4.69) is 38.9 Å². The molecule has 4 rings (SSSR count). The zero-order chi connectivity index (χ0) is 18.3. The van der Waals surface area contributed by atoms with Gasteiger partial charge in [0.15, 0.2) is 5.82 Å². The Bertz CT molecular complexity index is 942. The van der Waals surface area contributed by atoms with Crippen LogP contribution >= 0.6 is 0 Å². The first-order valence-corrected chi connectivity index (χ1v) is 9.22. The minimum atomic E-state index is 0.167. The molecule has 1 aromatic carbocycles. The van der Waals surface area contributed by atoms with Crippen molar-refractivity contribution < 1.29 is 0 Å². The highest BCUT2D eigenvalue weighted by Gasteiger charge is 2.38. The average molecular weight is 351 g/mol. The Morgan fingerprint density at radius 1 is 1.15 bits per heavy atom. The van der Waals surface area contributed by atoms with Gasteiger partial charge in [0.1, 0.15) is 5.82 Å². The molecule has 0 saturated carbocycles. The molecule has 26 heavy (non-hydrogen) atoms. The highest BCUT2D eigenvalue weighted by Crippen LogP contribution is 2.39. The van der Waals surface area contributed by atoms with Crippen LogP contribution in [-0.2, 0) is 0 Å². The summed E-state index contributed by atoms with van der Waals surface area (Å²) >= 11 is 0. The predicted molar refractivity (Wildman–Crippen MR) is 106 cm³/mol. The van der Waals surface area contributed by atoms with Crippen molar-refractivity contribution in [1.29, 1.82) is 0 Å². The topological polar surface area (TPSA) is 110 Å². The molecule has 0 aliphatic carbocycles. The van der Waals surface area contributed by atoms with Crippen molar-refractivity contribution in [3.05, 3.63) is 24.3 Å². The molecular formula is C19H25N7. The second-order valence-electron chi connectivity index (χ2n) is 7.03. The van der Waals surface area contributed by atoms with Crippen molar-refractivity contribution in [2.24, 2.45) is 0 Å². The maximum atomic E-state index is 6.06. The van der Waals surface area contributed by atoms with Crippen LogP contribution in [0.15, 0.2) is 24.3 Å². The highest BCUT2D eigenvalue weighted by atomic mass is 15.3. The van der Waals surface area contributed by atoms with Crippen molar-refractivity contribution in [1.82, 2.24) is 20.2 Å². The maximum Gasteiger partial charge on any atom is 0.222 e. The summed E-state index contributed by atoms with van der Waals surface area (Å²) in [6.07, 6.45) is 4.57. The fourth-order valence-corrected chi connectivity index (χ4v) is 4.22. The van der Waals surface area contributed by atoms with Crippen molar-refractivity contribution in [2.45, 2.75) is 45.1 Å². The first-order valence-electron chi connectivity index (χ1n) is 9.22. The number of nitrogens with zero attached hydrogens (tertiary/aromatic N) is 4. The number of H-pyrrole nitrogens is 1. The fourth-order valence-electron chi connectivity index (χ4n) is 4.22. The predicted octanol–water partition coefficient (Wildman–Crippen LogP) is 3.34. The Labute approximate surface area is 152 Å². The number of nitrogens with one attached hydrogen (secondary N) is 1. The lowest BCUT2D eigenvalue weighted by molar-refractivity contribution is 0.394. The van der Waals surface area contributed by atoms with E-state index in [9.17, 15) is 0 Å². The lowest BCUT2D eigenvalue weighted by Gasteiger charge is -2.38. The molecule has 0 spiro atoms. The van der Waals surface area contributed by atoms with E-state index < -0.39 is 0 Å². The minimum absolute atomic E-state index is 0.167. The number of rotatable bonds is 4. The largest absolute Gasteiger partial charge is 0.382 e. The Hall–Kier alpha value is -2.83. The molecule has 1 saturated heterocycles. The molecule has 0 amide bonds. The van der Waals surface area contributed by atoms with Gasteiger partial charge in [0.2, 0.25) is 5.95 Å². The third-order valence-electron chi connectivity index (χ3n) is 5.81. The summed E-state index contributed by atoms with van der Waals surface area (Å²) in [5.74, 6) is 1.72. The molecule has 3 aromatic rings. The molecule has 5 N–H and O–H groups in total. The summed E-state index contributed by atoms with van der Waals surface area (Å²) in [5.41, 5.74) is 14.8. The summed E-state index contributed by atoms with van der Waals surface area (Å²) in [4.78, 5) is 11.4. The number of aromatic nitrogens is 4. The molecule has 136 valence electrons. The van der Waals surface area contributed by atoms with Crippen molar-refractivity contribution in [2.75, 3.05) is 22.9 Å². The monoisotopic (exact) mass is 351 g/mol. The van der Waals surface area contributed by atoms with Gasteiger partial charge in [0.25, 0.3) is 0 Å². The molecule has 1 aliphatic heterocycles. The van der Waals surface area contributed by atoms with Crippen LogP contribution in [0.3, 0.4) is 0 Å². The Kier molecular flexibility index (Phi) is 3.94. The van der Waals surface area contributed by atoms with E-state index in [4.69, 9.17) is 11.5 Å². The fraction of sp³-hybridized carbons (Fsp3) is 0.421. The Morgan fingerprint density at radius 2 is 1.96 bits per heavy atom. The lowest BCUT2D eigenvalue weighted by atomic mass is 9.90. The number of nitrogens with two attached hydrogens (primary N) is 2. The van der Waals surface area contributed by atoms with Gasteiger partial charge >= 0.3 is 0 Å². The molecule has 0 unspecified atom stereocenters. The van der Waals surface area contributed by atoms with E-state index in [1.165, 1.54) is 12.8 Å². The molecular weight excluding hydrogens is 326 g/mol. The smallest absolute Gasteiger partial charge is 0.222 e. The third-order valence-corrected chi connectivity index (χ3v) is 5.81. The van der Waals surface area contributed by atoms with Crippen LogP contribution < -0.4 is 16.4 Å². The van der Waals surface area contributed by atoms with Crippen LogP contribution in [0.1, 0.15) is 39.5 Å². The maximum absolute atomic E-state index is 6.06. The van der Waals surface area contributed by atoms with E-state index in [1.807, 2.05) is 24.3 Å². The molecule has 3 heterocycles. The van der Waals surface area contributed by atoms with Gasteiger partial charge in [0.05, 0.1) is 11.2 Å². The van der Waals surface area contributed by atoms with Crippen LogP contribution in [0.2, 0.25) is 0 Å². The van der Waals surface area contributed by atoms with E-state index in [0.717, 1.165) is 47.4 Å². The number of benzene rings is 1. The first kappa shape index (κ1) is 16.6. The number of hydrogen-bond acceptors (Lipinski definition) is 6. The number of nitrogen functional groups attached to an aromatic ring is 2. The van der Waals surface area contributed by atoms with Crippen LogP contribution in [0, 0.1) is 0 Å². The quantitative estimate of drug-likeness (QED) is 0.665. The summed E-state index contributed by atoms with van der Waals surface area (Å²) in [6, 6.07) is 8.00. The van der Waals surface area contributed by atoms with E-state index in [0.29, 0.717) is 11.8 Å². The molecule has 1 aliphatic rings. The summed E-state index contributed by atoms with van der Waals surface area (Å²) in [7, 11) is 0. The molecule has 0 atom stereocenters. The number of hydrogen-bond donors (Lipinski definition) is 3. The molecule has 7 nitrogen and oxygen atoms in total. The van der Waals surface area contributed by atoms with Gasteiger partial charge in [0, 0.05) is 29.1 Å². The summed E-state index contributed by atoms with van der Waals surface area (Å²) in [6.45, 7) is 5.52. The Balaban J connectivity index is 1.78. The molecule has 7 heteroatoms. The number of aromatic amines is 1. The number of fused-ring (bicyclic) bond motifs is 1. The van der Waals surface area contributed by atoms with E-state index >= 15 is 0 Å². The molecule has 0 radical (unpaired) electrons. The van der Waals surface area contributed by atoms with Crippen LogP contribution in [0.4, 0.5) is 17.6 Å². The average Bonchev–Trinajstić information content (AvgIpc) is 3.25.